The maximum atomic E-state index is 12.5. The van der Waals surface area contributed by atoms with E-state index >= 15 is 0 Å². The lowest BCUT2D eigenvalue weighted by Crippen LogP contribution is -2.34. The number of likely N-dealkylation sites (tertiary alicyclic amines) is 1. The zero-order chi connectivity index (χ0) is 20.0. The second-order valence-electron chi connectivity index (χ2n) is 7.59. The average Bonchev–Trinajstić information content (AvgIpc) is 3.22. The van der Waals surface area contributed by atoms with E-state index in [4.69, 9.17) is 4.42 Å². The number of anilines is 1. The van der Waals surface area contributed by atoms with Crippen molar-refractivity contribution in [2.45, 2.75) is 19.3 Å². The molecule has 6 heteroatoms. The summed E-state index contributed by atoms with van der Waals surface area (Å²) in [5.41, 5.74) is 2.12. The molecule has 3 amide bonds. The molecule has 29 heavy (non-hydrogen) atoms. The molecule has 6 nitrogen and oxygen atoms in total. The third-order valence-corrected chi connectivity index (χ3v) is 5.82. The van der Waals surface area contributed by atoms with Crippen LogP contribution < -0.4 is 5.32 Å². The summed E-state index contributed by atoms with van der Waals surface area (Å²) in [6, 6.07) is 13.3. The first kappa shape index (κ1) is 17.7. The molecule has 0 saturated carbocycles. The molecular weight excluding hydrogens is 368 g/mol. The van der Waals surface area contributed by atoms with Gasteiger partial charge in [0.25, 0.3) is 0 Å². The van der Waals surface area contributed by atoms with Crippen LogP contribution in [0.1, 0.15) is 19.3 Å². The van der Waals surface area contributed by atoms with Gasteiger partial charge in [0.05, 0.1) is 11.8 Å². The minimum Gasteiger partial charge on any atom is -0.456 e. The van der Waals surface area contributed by atoms with Crippen LogP contribution in [0.2, 0.25) is 0 Å². The zero-order valence-electron chi connectivity index (χ0n) is 15.8. The Balaban J connectivity index is 1.26. The maximum absolute atomic E-state index is 12.5. The zero-order valence-corrected chi connectivity index (χ0v) is 15.8. The molecule has 1 aromatic heterocycles. The van der Waals surface area contributed by atoms with Crippen molar-refractivity contribution in [3.8, 4) is 0 Å². The fraction of sp³-hybridized carbons (Fsp3) is 0.261. The number of para-hydroxylation sites is 1. The van der Waals surface area contributed by atoms with Gasteiger partial charge in [-0.25, -0.2) is 0 Å². The molecule has 1 N–H and O–H groups in total. The third-order valence-electron chi connectivity index (χ3n) is 5.82. The Hall–Kier alpha value is -3.41. The number of hydrogen-bond donors (Lipinski definition) is 1. The monoisotopic (exact) mass is 388 g/mol. The van der Waals surface area contributed by atoms with Gasteiger partial charge in [-0.15, -0.1) is 0 Å². The number of imide groups is 1. The molecule has 1 aliphatic heterocycles. The number of nitrogens with zero attached hydrogens (tertiary/aromatic N) is 1. The van der Waals surface area contributed by atoms with E-state index in [-0.39, 0.29) is 42.5 Å². The molecule has 1 aliphatic carbocycles. The summed E-state index contributed by atoms with van der Waals surface area (Å²) >= 11 is 0. The van der Waals surface area contributed by atoms with Crippen LogP contribution in [0.5, 0.6) is 0 Å². The number of carbonyl (C=O) groups is 3. The first-order chi connectivity index (χ1) is 14.1. The van der Waals surface area contributed by atoms with E-state index in [1.165, 1.54) is 4.90 Å². The van der Waals surface area contributed by atoms with E-state index < -0.39 is 0 Å². The highest BCUT2D eigenvalue weighted by atomic mass is 16.3. The van der Waals surface area contributed by atoms with Crippen molar-refractivity contribution < 1.29 is 18.8 Å². The quantitative estimate of drug-likeness (QED) is 0.544. The number of nitrogens with one attached hydrogen (secondary N) is 1. The Bertz CT molecular complexity index is 1150. The molecule has 5 rings (SSSR count). The number of amides is 3. The van der Waals surface area contributed by atoms with Crippen molar-refractivity contribution in [2.75, 3.05) is 11.9 Å². The number of benzene rings is 2. The molecule has 2 aliphatic rings. The van der Waals surface area contributed by atoms with Crippen LogP contribution in [-0.2, 0) is 14.4 Å². The average molecular weight is 388 g/mol. The van der Waals surface area contributed by atoms with Crippen molar-refractivity contribution in [2.24, 2.45) is 11.8 Å². The van der Waals surface area contributed by atoms with Crippen molar-refractivity contribution >= 4 is 45.3 Å². The first-order valence-electron chi connectivity index (χ1n) is 9.83. The molecule has 3 aromatic rings. The summed E-state index contributed by atoms with van der Waals surface area (Å²) in [6.45, 7) is 0.114. The van der Waals surface area contributed by atoms with Gasteiger partial charge in [0.15, 0.2) is 0 Å². The van der Waals surface area contributed by atoms with Crippen molar-refractivity contribution in [3.63, 3.8) is 0 Å². The lowest BCUT2D eigenvalue weighted by atomic mass is 9.85. The molecule has 0 unspecified atom stereocenters. The predicted octanol–water partition coefficient (Wildman–Crippen LogP) is 3.87. The lowest BCUT2D eigenvalue weighted by Gasteiger charge is -2.14. The number of furan rings is 1. The third kappa shape index (κ3) is 3.01. The summed E-state index contributed by atoms with van der Waals surface area (Å²) < 4.78 is 5.84. The fourth-order valence-electron chi connectivity index (χ4n) is 4.33. The normalized spacial score (nSPS) is 21.2. The minimum absolute atomic E-state index is 0.0719. The van der Waals surface area contributed by atoms with Gasteiger partial charge in [-0.05, 0) is 31.0 Å². The standard InChI is InChI=1S/C23H20N2O4/c26-21(11-12-25-22(27)17-6-1-2-7-18(17)23(25)28)24-14-9-10-16-15-5-3-4-8-19(15)29-20(16)13-14/h1-5,8-10,13,17-18H,6-7,11-12H2,(H,24,26)/t17-,18+. The molecule has 0 spiro atoms. The van der Waals surface area contributed by atoms with Gasteiger partial charge in [0.2, 0.25) is 17.7 Å². The molecule has 0 radical (unpaired) electrons. The summed E-state index contributed by atoms with van der Waals surface area (Å²) in [5.74, 6) is -1.06. The van der Waals surface area contributed by atoms with Crippen LogP contribution in [0.4, 0.5) is 5.69 Å². The second kappa shape index (κ2) is 6.88. The van der Waals surface area contributed by atoms with E-state index in [2.05, 4.69) is 5.32 Å². The Morgan fingerprint density at radius 3 is 2.41 bits per heavy atom. The summed E-state index contributed by atoms with van der Waals surface area (Å²) in [5, 5.41) is 4.85. The molecular formula is C23H20N2O4. The Kier molecular flexibility index (Phi) is 4.19. The van der Waals surface area contributed by atoms with Gasteiger partial charge >= 0.3 is 0 Å². The van der Waals surface area contributed by atoms with Crippen LogP contribution in [0.3, 0.4) is 0 Å². The number of rotatable bonds is 4. The van der Waals surface area contributed by atoms with E-state index in [1.807, 2.05) is 48.6 Å². The highest BCUT2D eigenvalue weighted by Gasteiger charge is 2.46. The van der Waals surface area contributed by atoms with Crippen LogP contribution in [-0.4, -0.2) is 29.2 Å². The van der Waals surface area contributed by atoms with Gasteiger partial charge in [-0.3, -0.25) is 19.3 Å². The molecule has 1 saturated heterocycles. The number of hydrogen-bond acceptors (Lipinski definition) is 4. The van der Waals surface area contributed by atoms with Gasteiger partial charge in [0.1, 0.15) is 11.2 Å². The van der Waals surface area contributed by atoms with Crippen LogP contribution >= 0.6 is 0 Å². The Labute approximate surface area is 167 Å². The van der Waals surface area contributed by atoms with E-state index in [9.17, 15) is 14.4 Å². The summed E-state index contributed by atoms with van der Waals surface area (Å²) in [4.78, 5) is 38.6. The lowest BCUT2D eigenvalue weighted by molar-refractivity contribution is -0.140. The van der Waals surface area contributed by atoms with Crippen LogP contribution in [0.25, 0.3) is 21.9 Å². The maximum Gasteiger partial charge on any atom is 0.233 e. The van der Waals surface area contributed by atoms with E-state index in [0.717, 1.165) is 16.4 Å². The van der Waals surface area contributed by atoms with Gasteiger partial charge in [-0.2, -0.15) is 0 Å². The molecule has 0 bridgehead atoms. The largest absolute Gasteiger partial charge is 0.456 e. The van der Waals surface area contributed by atoms with Gasteiger partial charge < -0.3 is 9.73 Å². The molecule has 1 fully saturated rings. The number of allylic oxidation sites excluding steroid dienone is 2. The van der Waals surface area contributed by atoms with Crippen molar-refractivity contribution in [3.05, 3.63) is 54.6 Å². The van der Waals surface area contributed by atoms with Gasteiger partial charge in [0, 0.05) is 35.5 Å². The van der Waals surface area contributed by atoms with Crippen molar-refractivity contribution in [1.29, 1.82) is 0 Å². The SMILES string of the molecule is O=C(CCN1C(=O)[C@H]2CC=CC[C@H]2C1=O)Nc1ccc2c(c1)oc1ccccc12. The summed E-state index contributed by atoms with van der Waals surface area (Å²) in [6.07, 6.45) is 5.20. The highest BCUT2D eigenvalue weighted by molar-refractivity contribution is 6.07. The van der Waals surface area contributed by atoms with E-state index in [1.54, 1.807) is 6.07 Å². The highest BCUT2D eigenvalue weighted by Crippen LogP contribution is 2.35. The molecule has 2 atom stereocenters. The topological polar surface area (TPSA) is 79.6 Å². The molecule has 146 valence electrons. The first-order valence-corrected chi connectivity index (χ1v) is 9.83. The molecule has 2 heterocycles. The van der Waals surface area contributed by atoms with Crippen LogP contribution in [0, 0.1) is 11.8 Å². The predicted molar refractivity (Wildman–Crippen MR) is 109 cm³/mol. The molecule has 2 aromatic carbocycles. The summed E-state index contributed by atoms with van der Waals surface area (Å²) in [7, 11) is 0. The minimum atomic E-state index is -0.258. The number of carbonyl (C=O) groups excluding carboxylic acids is 3. The Morgan fingerprint density at radius 1 is 0.966 bits per heavy atom. The number of fused-ring (bicyclic) bond motifs is 4. The Morgan fingerprint density at radius 2 is 1.66 bits per heavy atom. The smallest absolute Gasteiger partial charge is 0.233 e. The van der Waals surface area contributed by atoms with Gasteiger partial charge in [-0.1, -0.05) is 30.4 Å². The fourth-order valence-corrected chi connectivity index (χ4v) is 4.33. The van der Waals surface area contributed by atoms with Crippen LogP contribution in [0.15, 0.2) is 59.0 Å². The second-order valence-corrected chi connectivity index (χ2v) is 7.59. The van der Waals surface area contributed by atoms with E-state index in [0.29, 0.717) is 24.1 Å². The van der Waals surface area contributed by atoms with Crippen molar-refractivity contribution in [1.82, 2.24) is 4.90 Å².